The molecule has 4 nitrogen and oxygen atoms in total. The number of para-hydroxylation sites is 1. The van der Waals surface area contributed by atoms with Gasteiger partial charge >= 0.3 is 0 Å². The Bertz CT molecular complexity index is 622. The average molecular weight is 267 g/mol. The summed E-state index contributed by atoms with van der Waals surface area (Å²) in [5.74, 6) is -0.0280. The Balaban J connectivity index is 1.91. The molecule has 1 aromatic heterocycles. The van der Waals surface area contributed by atoms with Crippen molar-refractivity contribution < 1.29 is 4.79 Å². The Hall–Kier alpha value is -2.36. The lowest BCUT2D eigenvalue weighted by atomic mass is 10.0. The molecule has 1 amide bonds. The summed E-state index contributed by atoms with van der Waals surface area (Å²) in [4.78, 5) is 18.7. The number of aryl methyl sites for hydroxylation is 1. The van der Waals surface area contributed by atoms with E-state index in [1.54, 1.807) is 12.3 Å². The molecule has 1 aromatic carbocycles. The van der Waals surface area contributed by atoms with Gasteiger partial charge in [-0.05, 0) is 36.6 Å². The number of hydrogen-bond acceptors (Lipinski definition) is 3. The van der Waals surface area contributed by atoms with Crippen molar-refractivity contribution in [3.05, 3.63) is 53.9 Å². The minimum absolute atomic E-state index is 0.0280. The summed E-state index contributed by atoms with van der Waals surface area (Å²) in [5.41, 5.74) is 3.64. The normalized spacial score (nSPS) is 13.8. The van der Waals surface area contributed by atoms with Crippen LogP contribution in [0.15, 0.2) is 42.6 Å². The fourth-order valence-corrected chi connectivity index (χ4v) is 2.55. The standard InChI is InChI=1S/C16H17N3O/c1-17-13-8-9-14(18-11-13)16(20)19-10-4-6-12-5-2-3-7-15(12)19/h2-3,5,7-9,11,17H,4,6,10H2,1H3. The number of nitrogens with zero attached hydrogens (tertiary/aromatic N) is 2. The first-order chi connectivity index (χ1) is 9.79. The molecule has 0 aliphatic carbocycles. The Labute approximate surface area is 118 Å². The van der Waals surface area contributed by atoms with E-state index in [0.29, 0.717) is 5.69 Å². The number of fused-ring (bicyclic) bond motifs is 1. The molecule has 0 spiro atoms. The van der Waals surface area contributed by atoms with Crippen molar-refractivity contribution in [1.82, 2.24) is 4.98 Å². The van der Waals surface area contributed by atoms with Gasteiger partial charge in [0.15, 0.2) is 0 Å². The van der Waals surface area contributed by atoms with Crippen LogP contribution in [0.4, 0.5) is 11.4 Å². The first-order valence-electron chi connectivity index (χ1n) is 6.83. The van der Waals surface area contributed by atoms with Crippen LogP contribution >= 0.6 is 0 Å². The predicted octanol–water partition coefficient (Wildman–Crippen LogP) is 2.72. The summed E-state index contributed by atoms with van der Waals surface area (Å²) < 4.78 is 0. The zero-order valence-corrected chi connectivity index (χ0v) is 11.5. The van der Waals surface area contributed by atoms with E-state index in [1.807, 2.05) is 36.2 Å². The van der Waals surface area contributed by atoms with E-state index in [4.69, 9.17) is 0 Å². The van der Waals surface area contributed by atoms with Gasteiger partial charge in [-0.1, -0.05) is 18.2 Å². The molecule has 0 saturated carbocycles. The fourth-order valence-electron chi connectivity index (χ4n) is 2.55. The number of amides is 1. The molecule has 2 aromatic rings. The highest BCUT2D eigenvalue weighted by atomic mass is 16.2. The van der Waals surface area contributed by atoms with Crippen LogP contribution in [0.1, 0.15) is 22.5 Å². The van der Waals surface area contributed by atoms with E-state index in [1.165, 1.54) is 5.56 Å². The van der Waals surface area contributed by atoms with Gasteiger partial charge in [-0.15, -0.1) is 0 Å². The smallest absolute Gasteiger partial charge is 0.276 e. The van der Waals surface area contributed by atoms with Gasteiger partial charge in [-0.2, -0.15) is 0 Å². The quantitative estimate of drug-likeness (QED) is 0.910. The van der Waals surface area contributed by atoms with Gasteiger partial charge in [0.05, 0.1) is 11.9 Å². The molecule has 0 unspecified atom stereocenters. The number of carbonyl (C=O) groups is 1. The largest absolute Gasteiger partial charge is 0.387 e. The minimum atomic E-state index is -0.0280. The van der Waals surface area contributed by atoms with Gasteiger partial charge < -0.3 is 10.2 Å². The molecule has 102 valence electrons. The molecular formula is C16H17N3O. The minimum Gasteiger partial charge on any atom is -0.387 e. The maximum Gasteiger partial charge on any atom is 0.276 e. The van der Waals surface area contributed by atoms with E-state index in [-0.39, 0.29) is 5.91 Å². The number of anilines is 2. The van der Waals surface area contributed by atoms with E-state index in [9.17, 15) is 4.79 Å². The van der Waals surface area contributed by atoms with Crippen molar-refractivity contribution in [3.63, 3.8) is 0 Å². The molecule has 1 N–H and O–H groups in total. The highest BCUT2D eigenvalue weighted by molar-refractivity contribution is 6.05. The zero-order chi connectivity index (χ0) is 13.9. The molecule has 0 radical (unpaired) electrons. The first-order valence-corrected chi connectivity index (χ1v) is 6.83. The van der Waals surface area contributed by atoms with Crippen molar-refractivity contribution >= 4 is 17.3 Å². The Morgan fingerprint density at radius 1 is 1.25 bits per heavy atom. The molecule has 4 heteroatoms. The van der Waals surface area contributed by atoms with E-state index < -0.39 is 0 Å². The molecule has 1 aliphatic rings. The number of hydrogen-bond donors (Lipinski definition) is 1. The van der Waals surface area contributed by atoms with Crippen LogP contribution in [0.2, 0.25) is 0 Å². The van der Waals surface area contributed by atoms with Crippen LogP contribution in [0.3, 0.4) is 0 Å². The van der Waals surface area contributed by atoms with Gasteiger partial charge in [-0.25, -0.2) is 4.98 Å². The van der Waals surface area contributed by atoms with Crippen molar-refractivity contribution in [3.8, 4) is 0 Å². The number of nitrogens with one attached hydrogen (secondary N) is 1. The van der Waals surface area contributed by atoms with E-state index in [2.05, 4.69) is 16.4 Å². The zero-order valence-electron chi connectivity index (χ0n) is 11.5. The number of benzene rings is 1. The molecule has 2 heterocycles. The van der Waals surface area contributed by atoms with Gasteiger partial charge in [0.1, 0.15) is 5.69 Å². The lowest BCUT2D eigenvalue weighted by Gasteiger charge is -2.29. The average Bonchev–Trinajstić information content (AvgIpc) is 2.54. The summed E-state index contributed by atoms with van der Waals surface area (Å²) in [6.07, 6.45) is 3.71. The summed E-state index contributed by atoms with van der Waals surface area (Å²) in [5, 5.41) is 3.00. The fraction of sp³-hybridized carbons (Fsp3) is 0.250. The van der Waals surface area contributed by atoms with E-state index in [0.717, 1.165) is 30.8 Å². The highest BCUT2D eigenvalue weighted by Gasteiger charge is 2.23. The van der Waals surface area contributed by atoms with Crippen LogP contribution in [0.5, 0.6) is 0 Å². The molecule has 0 atom stereocenters. The van der Waals surface area contributed by atoms with Crippen molar-refractivity contribution in [2.75, 3.05) is 23.8 Å². The number of pyridine rings is 1. The van der Waals surface area contributed by atoms with Crippen molar-refractivity contribution in [1.29, 1.82) is 0 Å². The maximum atomic E-state index is 12.6. The molecule has 3 rings (SSSR count). The predicted molar refractivity (Wildman–Crippen MR) is 80.2 cm³/mol. The van der Waals surface area contributed by atoms with Crippen LogP contribution in [-0.4, -0.2) is 24.5 Å². The molecule has 0 saturated heterocycles. The van der Waals surface area contributed by atoms with Crippen molar-refractivity contribution in [2.45, 2.75) is 12.8 Å². The lowest BCUT2D eigenvalue weighted by molar-refractivity contribution is 0.0980. The van der Waals surface area contributed by atoms with Crippen molar-refractivity contribution in [2.24, 2.45) is 0 Å². The first kappa shape index (κ1) is 12.7. The molecular weight excluding hydrogens is 250 g/mol. The summed E-state index contributed by atoms with van der Waals surface area (Å²) in [7, 11) is 1.83. The number of carbonyl (C=O) groups excluding carboxylic acids is 1. The summed E-state index contributed by atoms with van der Waals surface area (Å²) >= 11 is 0. The van der Waals surface area contributed by atoms with Gasteiger partial charge in [0.2, 0.25) is 0 Å². The van der Waals surface area contributed by atoms with Crippen LogP contribution in [-0.2, 0) is 6.42 Å². The monoisotopic (exact) mass is 267 g/mol. The third-order valence-corrected chi connectivity index (χ3v) is 3.63. The second kappa shape index (κ2) is 5.33. The summed E-state index contributed by atoms with van der Waals surface area (Å²) in [6.45, 7) is 0.755. The Kier molecular flexibility index (Phi) is 3.37. The van der Waals surface area contributed by atoms with Crippen LogP contribution in [0, 0.1) is 0 Å². The van der Waals surface area contributed by atoms with E-state index >= 15 is 0 Å². The maximum absolute atomic E-state index is 12.6. The second-order valence-corrected chi connectivity index (χ2v) is 4.87. The molecule has 1 aliphatic heterocycles. The molecule has 20 heavy (non-hydrogen) atoms. The highest BCUT2D eigenvalue weighted by Crippen LogP contribution is 2.27. The third-order valence-electron chi connectivity index (χ3n) is 3.63. The topological polar surface area (TPSA) is 45.2 Å². The number of rotatable bonds is 2. The SMILES string of the molecule is CNc1ccc(C(=O)N2CCCc3ccccc32)nc1. The second-order valence-electron chi connectivity index (χ2n) is 4.87. The van der Waals surface area contributed by atoms with Crippen LogP contribution < -0.4 is 10.2 Å². The molecule has 0 fully saturated rings. The van der Waals surface area contributed by atoms with Gasteiger partial charge in [0.25, 0.3) is 5.91 Å². The van der Waals surface area contributed by atoms with Gasteiger partial charge in [0, 0.05) is 19.3 Å². The Morgan fingerprint density at radius 2 is 2.10 bits per heavy atom. The summed E-state index contributed by atoms with van der Waals surface area (Å²) in [6, 6.07) is 11.7. The lowest BCUT2D eigenvalue weighted by Crippen LogP contribution is -2.35. The third kappa shape index (κ3) is 2.25. The van der Waals surface area contributed by atoms with Crippen LogP contribution in [0.25, 0.3) is 0 Å². The molecule has 0 bridgehead atoms. The number of aromatic nitrogens is 1. The van der Waals surface area contributed by atoms with Gasteiger partial charge in [-0.3, -0.25) is 4.79 Å². The Morgan fingerprint density at radius 3 is 2.85 bits per heavy atom.